The summed E-state index contributed by atoms with van der Waals surface area (Å²) in [6, 6.07) is 0. The van der Waals surface area contributed by atoms with Gasteiger partial charge in [-0.05, 0) is 13.3 Å². The highest BCUT2D eigenvalue weighted by Gasteiger charge is 2.33. The van der Waals surface area contributed by atoms with Gasteiger partial charge in [-0.3, -0.25) is 4.79 Å². The van der Waals surface area contributed by atoms with Gasteiger partial charge in [-0.25, -0.2) is 0 Å². The zero-order chi connectivity index (χ0) is 12.6. The lowest BCUT2D eigenvalue weighted by atomic mass is 9.86. The third-order valence-electron chi connectivity index (χ3n) is 2.95. The van der Waals surface area contributed by atoms with Gasteiger partial charge in [0, 0.05) is 26.7 Å². The number of nitrogens with zero attached hydrogens (tertiary/aromatic N) is 1. The van der Waals surface area contributed by atoms with Crippen LogP contribution >= 0.6 is 0 Å². The molecule has 0 radical (unpaired) electrons. The van der Waals surface area contributed by atoms with E-state index in [0.29, 0.717) is 26.2 Å². The Balaban J connectivity index is 4.63. The molecule has 0 aromatic carbocycles. The maximum absolute atomic E-state index is 12.3. The molecule has 1 amide bonds. The average Bonchev–Trinajstić information content (AvgIpc) is 2.32. The van der Waals surface area contributed by atoms with Gasteiger partial charge in [-0.15, -0.1) is 6.58 Å². The first kappa shape index (κ1) is 15.1. The van der Waals surface area contributed by atoms with E-state index in [0.717, 1.165) is 6.42 Å². The Morgan fingerprint density at radius 2 is 2.25 bits per heavy atom. The van der Waals surface area contributed by atoms with E-state index in [1.165, 1.54) is 0 Å². The van der Waals surface area contributed by atoms with Crippen molar-refractivity contribution in [2.75, 3.05) is 33.4 Å². The van der Waals surface area contributed by atoms with Crippen molar-refractivity contribution in [3.8, 4) is 0 Å². The van der Waals surface area contributed by atoms with Crippen molar-refractivity contribution in [3.63, 3.8) is 0 Å². The summed E-state index contributed by atoms with van der Waals surface area (Å²) in [5.74, 6) is 0.0782. The van der Waals surface area contributed by atoms with E-state index in [4.69, 9.17) is 10.5 Å². The molecule has 0 spiro atoms. The van der Waals surface area contributed by atoms with Crippen molar-refractivity contribution in [1.29, 1.82) is 0 Å². The molecule has 16 heavy (non-hydrogen) atoms. The van der Waals surface area contributed by atoms with Gasteiger partial charge < -0.3 is 15.4 Å². The summed E-state index contributed by atoms with van der Waals surface area (Å²) in [5, 5.41) is 0. The number of hydrogen-bond acceptors (Lipinski definition) is 3. The van der Waals surface area contributed by atoms with Crippen LogP contribution in [-0.2, 0) is 9.53 Å². The highest BCUT2D eigenvalue weighted by molar-refractivity contribution is 5.82. The number of ether oxygens (including phenoxy) is 1. The van der Waals surface area contributed by atoms with Crippen LogP contribution in [-0.4, -0.2) is 44.2 Å². The van der Waals surface area contributed by atoms with Crippen molar-refractivity contribution in [3.05, 3.63) is 12.7 Å². The van der Waals surface area contributed by atoms with Crippen LogP contribution in [0.4, 0.5) is 0 Å². The molecule has 0 aliphatic heterocycles. The Labute approximate surface area is 98.4 Å². The third kappa shape index (κ3) is 3.94. The quantitative estimate of drug-likeness (QED) is 0.631. The Morgan fingerprint density at radius 1 is 1.62 bits per heavy atom. The second-order valence-corrected chi connectivity index (χ2v) is 4.15. The zero-order valence-electron chi connectivity index (χ0n) is 10.7. The summed E-state index contributed by atoms with van der Waals surface area (Å²) >= 11 is 0. The van der Waals surface area contributed by atoms with Gasteiger partial charge in [-0.2, -0.15) is 0 Å². The van der Waals surface area contributed by atoms with Crippen LogP contribution in [0.2, 0.25) is 0 Å². The third-order valence-corrected chi connectivity index (χ3v) is 2.95. The molecule has 2 N–H and O–H groups in total. The van der Waals surface area contributed by atoms with Gasteiger partial charge in [0.1, 0.15) is 0 Å². The SMILES string of the molecule is C=CCN(CCOC)C(=O)C(C)(CC)CN. The number of methoxy groups -OCH3 is 1. The fourth-order valence-electron chi connectivity index (χ4n) is 1.40. The molecule has 94 valence electrons. The van der Waals surface area contributed by atoms with Crippen LogP contribution in [0.5, 0.6) is 0 Å². The molecular formula is C12H24N2O2. The van der Waals surface area contributed by atoms with Gasteiger partial charge >= 0.3 is 0 Å². The van der Waals surface area contributed by atoms with Crippen molar-refractivity contribution in [2.24, 2.45) is 11.1 Å². The Hall–Kier alpha value is -0.870. The second-order valence-electron chi connectivity index (χ2n) is 4.15. The normalized spacial score (nSPS) is 14.2. The van der Waals surface area contributed by atoms with E-state index >= 15 is 0 Å². The van der Waals surface area contributed by atoms with Crippen LogP contribution in [0, 0.1) is 5.41 Å². The van der Waals surface area contributed by atoms with E-state index < -0.39 is 5.41 Å². The average molecular weight is 228 g/mol. The van der Waals surface area contributed by atoms with Gasteiger partial charge in [0.25, 0.3) is 0 Å². The molecule has 0 aromatic heterocycles. The minimum absolute atomic E-state index is 0.0782. The molecule has 0 saturated carbocycles. The minimum atomic E-state index is -0.475. The number of nitrogens with two attached hydrogens (primary N) is 1. The summed E-state index contributed by atoms with van der Waals surface area (Å²) in [6.45, 7) is 9.55. The first-order chi connectivity index (χ1) is 7.55. The summed E-state index contributed by atoms with van der Waals surface area (Å²) in [7, 11) is 1.62. The van der Waals surface area contributed by atoms with Gasteiger partial charge in [0.2, 0.25) is 5.91 Å². The first-order valence-corrected chi connectivity index (χ1v) is 5.65. The van der Waals surface area contributed by atoms with Crippen molar-refractivity contribution >= 4 is 5.91 Å². The predicted octanol–water partition coefficient (Wildman–Crippen LogP) is 1.02. The van der Waals surface area contributed by atoms with Crippen LogP contribution < -0.4 is 5.73 Å². The first-order valence-electron chi connectivity index (χ1n) is 5.65. The lowest BCUT2D eigenvalue weighted by Gasteiger charge is -2.32. The highest BCUT2D eigenvalue weighted by atomic mass is 16.5. The molecule has 0 aliphatic carbocycles. The number of hydrogen-bond donors (Lipinski definition) is 1. The smallest absolute Gasteiger partial charge is 0.230 e. The molecule has 1 unspecified atom stereocenters. The van der Waals surface area contributed by atoms with Crippen molar-refractivity contribution in [1.82, 2.24) is 4.90 Å². The predicted molar refractivity (Wildman–Crippen MR) is 66.1 cm³/mol. The second kappa shape index (κ2) is 7.41. The fourth-order valence-corrected chi connectivity index (χ4v) is 1.40. The number of carbonyl (C=O) groups excluding carboxylic acids is 1. The monoisotopic (exact) mass is 228 g/mol. The van der Waals surface area contributed by atoms with Crippen molar-refractivity contribution < 1.29 is 9.53 Å². The van der Waals surface area contributed by atoms with Gasteiger partial charge in [0.05, 0.1) is 12.0 Å². The standard InChI is InChI=1S/C12H24N2O2/c1-5-7-14(8-9-16-4)11(15)12(3,6-2)10-13/h5H,1,6-10,13H2,2-4H3. The number of rotatable bonds is 8. The molecule has 0 bridgehead atoms. The molecular weight excluding hydrogens is 204 g/mol. The molecule has 0 aliphatic rings. The Morgan fingerprint density at radius 3 is 2.62 bits per heavy atom. The maximum Gasteiger partial charge on any atom is 0.230 e. The lowest BCUT2D eigenvalue weighted by molar-refractivity contribution is -0.141. The molecule has 1 atom stereocenters. The van der Waals surface area contributed by atoms with Gasteiger partial charge in [-0.1, -0.05) is 13.0 Å². The van der Waals surface area contributed by atoms with Crippen LogP contribution in [0.1, 0.15) is 20.3 Å². The van der Waals surface area contributed by atoms with Crippen molar-refractivity contribution in [2.45, 2.75) is 20.3 Å². The van der Waals surface area contributed by atoms with E-state index in [1.807, 2.05) is 13.8 Å². The molecule has 0 aromatic rings. The summed E-state index contributed by atoms with van der Waals surface area (Å²) in [4.78, 5) is 14.0. The Kier molecular flexibility index (Phi) is 7.01. The number of carbonyl (C=O) groups is 1. The van der Waals surface area contributed by atoms with E-state index in [-0.39, 0.29) is 5.91 Å². The van der Waals surface area contributed by atoms with Crippen LogP contribution in [0.25, 0.3) is 0 Å². The highest BCUT2D eigenvalue weighted by Crippen LogP contribution is 2.22. The topological polar surface area (TPSA) is 55.6 Å². The summed E-state index contributed by atoms with van der Waals surface area (Å²) in [5.41, 5.74) is 5.20. The fraction of sp³-hybridized carbons (Fsp3) is 0.750. The van der Waals surface area contributed by atoms with E-state index in [2.05, 4.69) is 6.58 Å². The molecule has 0 fully saturated rings. The number of amides is 1. The van der Waals surface area contributed by atoms with Crippen LogP contribution in [0.3, 0.4) is 0 Å². The molecule has 0 rings (SSSR count). The largest absolute Gasteiger partial charge is 0.383 e. The zero-order valence-corrected chi connectivity index (χ0v) is 10.7. The Bertz CT molecular complexity index is 225. The van der Waals surface area contributed by atoms with E-state index in [9.17, 15) is 4.79 Å². The van der Waals surface area contributed by atoms with Crippen LogP contribution in [0.15, 0.2) is 12.7 Å². The maximum atomic E-state index is 12.3. The minimum Gasteiger partial charge on any atom is -0.383 e. The summed E-state index contributed by atoms with van der Waals surface area (Å²) in [6.07, 6.45) is 2.46. The molecule has 0 saturated heterocycles. The van der Waals surface area contributed by atoms with Gasteiger partial charge in [0.15, 0.2) is 0 Å². The molecule has 4 heteroatoms. The summed E-state index contributed by atoms with van der Waals surface area (Å²) < 4.78 is 4.99. The molecule has 0 heterocycles. The van der Waals surface area contributed by atoms with E-state index in [1.54, 1.807) is 18.1 Å². The lowest BCUT2D eigenvalue weighted by Crippen LogP contribution is -2.47. The molecule has 4 nitrogen and oxygen atoms in total.